The third-order valence-electron chi connectivity index (χ3n) is 3.06. The quantitative estimate of drug-likeness (QED) is 0.828. The standard InChI is InChI=1S/C15H19ClN4/c1-3-4-13-19-14(16)11(2)15(20-13)18-10-7-12-5-8-17-9-6-12/h5-6,8-9H,3-4,7,10H2,1-2H3,(H,18,19,20). The first-order chi connectivity index (χ1) is 9.70. The fourth-order valence-corrected chi connectivity index (χ4v) is 2.10. The molecule has 0 bridgehead atoms. The van der Waals surface area contributed by atoms with E-state index in [4.69, 9.17) is 11.6 Å². The lowest BCUT2D eigenvalue weighted by molar-refractivity contribution is 0.829. The van der Waals surface area contributed by atoms with Crippen LogP contribution >= 0.6 is 11.6 Å². The largest absolute Gasteiger partial charge is 0.369 e. The number of pyridine rings is 1. The van der Waals surface area contributed by atoms with Crippen LogP contribution in [-0.4, -0.2) is 21.5 Å². The zero-order chi connectivity index (χ0) is 14.4. The summed E-state index contributed by atoms with van der Waals surface area (Å²) >= 11 is 6.15. The van der Waals surface area contributed by atoms with Gasteiger partial charge in [0.05, 0.1) is 0 Å². The number of nitrogens with zero attached hydrogens (tertiary/aromatic N) is 3. The summed E-state index contributed by atoms with van der Waals surface area (Å²) in [6.45, 7) is 4.85. The Balaban J connectivity index is 2.01. The van der Waals surface area contributed by atoms with E-state index in [0.29, 0.717) is 5.15 Å². The summed E-state index contributed by atoms with van der Waals surface area (Å²) in [5.41, 5.74) is 2.15. The minimum atomic E-state index is 0.537. The normalized spacial score (nSPS) is 10.6. The zero-order valence-electron chi connectivity index (χ0n) is 11.9. The van der Waals surface area contributed by atoms with E-state index >= 15 is 0 Å². The smallest absolute Gasteiger partial charge is 0.137 e. The number of hydrogen-bond acceptors (Lipinski definition) is 4. The van der Waals surface area contributed by atoms with Crippen LogP contribution in [0.5, 0.6) is 0 Å². The van der Waals surface area contributed by atoms with Gasteiger partial charge in [-0.1, -0.05) is 18.5 Å². The van der Waals surface area contributed by atoms with E-state index in [-0.39, 0.29) is 0 Å². The number of halogens is 1. The Kier molecular flexibility index (Phi) is 5.30. The van der Waals surface area contributed by atoms with E-state index in [1.807, 2.05) is 31.5 Å². The van der Waals surface area contributed by atoms with Crippen LogP contribution in [0.25, 0.3) is 0 Å². The number of nitrogens with one attached hydrogen (secondary N) is 1. The predicted octanol–water partition coefficient (Wildman–Crippen LogP) is 3.44. The zero-order valence-corrected chi connectivity index (χ0v) is 12.6. The molecule has 0 aliphatic rings. The lowest BCUT2D eigenvalue weighted by Gasteiger charge is -2.11. The van der Waals surface area contributed by atoms with Gasteiger partial charge in [0.1, 0.15) is 16.8 Å². The molecule has 2 rings (SSSR count). The van der Waals surface area contributed by atoms with Crippen molar-refractivity contribution in [2.75, 3.05) is 11.9 Å². The topological polar surface area (TPSA) is 50.7 Å². The molecular weight excluding hydrogens is 272 g/mol. The first-order valence-corrected chi connectivity index (χ1v) is 7.24. The lowest BCUT2D eigenvalue weighted by Crippen LogP contribution is -2.10. The van der Waals surface area contributed by atoms with Gasteiger partial charge in [0.2, 0.25) is 0 Å². The van der Waals surface area contributed by atoms with Crippen molar-refractivity contribution < 1.29 is 0 Å². The van der Waals surface area contributed by atoms with E-state index in [9.17, 15) is 0 Å². The number of aryl methyl sites for hydroxylation is 1. The molecule has 0 atom stereocenters. The Labute approximate surface area is 124 Å². The van der Waals surface area contributed by atoms with Crippen LogP contribution in [0.4, 0.5) is 5.82 Å². The van der Waals surface area contributed by atoms with Crippen LogP contribution in [-0.2, 0) is 12.8 Å². The highest BCUT2D eigenvalue weighted by Crippen LogP contribution is 2.20. The minimum absolute atomic E-state index is 0.537. The fourth-order valence-electron chi connectivity index (χ4n) is 1.91. The summed E-state index contributed by atoms with van der Waals surface area (Å²) in [5, 5.41) is 3.88. The fraction of sp³-hybridized carbons (Fsp3) is 0.400. The Morgan fingerprint density at radius 1 is 1.15 bits per heavy atom. The van der Waals surface area contributed by atoms with Gasteiger partial charge < -0.3 is 5.32 Å². The van der Waals surface area contributed by atoms with Crippen LogP contribution in [0, 0.1) is 6.92 Å². The van der Waals surface area contributed by atoms with Crippen LogP contribution in [0.15, 0.2) is 24.5 Å². The van der Waals surface area contributed by atoms with Crippen molar-refractivity contribution in [1.82, 2.24) is 15.0 Å². The predicted molar refractivity (Wildman–Crippen MR) is 82.2 cm³/mol. The SMILES string of the molecule is CCCc1nc(Cl)c(C)c(NCCc2ccncc2)n1. The molecule has 1 N–H and O–H groups in total. The maximum absolute atomic E-state index is 6.15. The molecule has 106 valence electrons. The molecule has 0 fully saturated rings. The summed E-state index contributed by atoms with van der Waals surface area (Å²) < 4.78 is 0. The Morgan fingerprint density at radius 3 is 2.60 bits per heavy atom. The molecule has 0 unspecified atom stereocenters. The molecule has 0 amide bonds. The Bertz CT molecular complexity index is 557. The monoisotopic (exact) mass is 290 g/mol. The molecule has 0 aliphatic heterocycles. The van der Waals surface area contributed by atoms with Gasteiger partial charge >= 0.3 is 0 Å². The second kappa shape index (κ2) is 7.20. The molecule has 0 saturated heterocycles. The van der Waals surface area contributed by atoms with Gasteiger partial charge in [-0.2, -0.15) is 0 Å². The van der Waals surface area contributed by atoms with Crippen LogP contribution in [0.3, 0.4) is 0 Å². The van der Waals surface area contributed by atoms with Crippen LogP contribution in [0.2, 0.25) is 5.15 Å². The van der Waals surface area contributed by atoms with Gasteiger partial charge in [-0.3, -0.25) is 4.98 Å². The van der Waals surface area contributed by atoms with Crippen molar-refractivity contribution in [1.29, 1.82) is 0 Å². The van der Waals surface area contributed by atoms with Gasteiger partial charge in [0, 0.05) is 30.9 Å². The van der Waals surface area contributed by atoms with Gasteiger partial charge in [-0.05, 0) is 37.5 Å². The van der Waals surface area contributed by atoms with Crippen molar-refractivity contribution in [3.63, 3.8) is 0 Å². The van der Waals surface area contributed by atoms with Crippen molar-refractivity contribution >= 4 is 17.4 Å². The van der Waals surface area contributed by atoms with E-state index in [2.05, 4.69) is 27.2 Å². The maximum Gasteiger partial charge on any atom is 0.137 e. The summed E-state index contributed by atoms with van der Waals surface area (Å²) in [6, 6.07) is 4.04. The molecule has 0 radical (unpaired) electrons. The van der Waals surface area contributed by atoms with Crippen molar-refractivity contribution in [3.05, 3.63) is 46.6 Å². The highest BCUT2D eigenvalue weighted by atomic mass is 35.5. The number of aromatic nitrogens is 3. The molecule has 2 aromatic heterocycles. The Morgan fingerprint density at radius 2 is 1.90 bits per heavy atom. The van der Waals surface area contributed by atoms with Crippen molar-refractivity contribution in [3.8, 4) is 0 Å². The first kappa shape index (κ1) is 14.7. The maximum atomic E-state index is 6.15. The van der Waals surface area contributed by atoms with E-state index in [1.165, 1.54) is 5.56 Å². The van der Waals surface area contributed by atoms with E-state index in [0.717, 1.165) is 43.0 Å². The lowest BCUT2D eigenvalue weighted by atomic mass is 10.2. The third kappa shape index (κ3) is 3.90. The molecule has 4 nitrogen and oxygen atoms in total. The molecule has 5 heteroatoms. The van der Waals surface area contributed by atoms with Gasteiger partial charge in [0.15, 0.2) is 0 Å². The first-order valence-electron chi connectivity index (χ1n) is 6.86. The molecule has 0 aliphatic carbocycles. The number of rotatable bonds is 6. The van der Waals surface area contributed by atoms with Gasteiger partial charge in [0.25, 0.3) is 0 Å². The summed E-state index contributed by atoms with van der Waals surface area (Å²) in [4.78, 5) is 12.8. The molecule has 0 aromatic carbocycles. The average molecular weight is 291 g/mol. The summed E-state index contributed by atoms with van der Waals surface area (Å²) in [7, 11) is 0. The van der Waals surface area contributed by atoms with Gasteiger partial charge in [-0.25, -0.2) is 9.97 Å². The van der Waals surface area contributed by atoms with Gasteiger partial charge in [-0.15, -0.1) is 0 Å². The molecule has 0 saturated carbocycles. The molecule has 20 heavy (non-hydrogen) atoms. The van der Waals surface area contributed by atoms with Crippen LogP contribution < -0.4 is 5.32 Å². The molecule has 0 spiro atoms. The minimum Gasteiger partial charge on any atom is -0.369 e. The highest BCUT2D eigenvalue weighted by molar-refractivity contribution is 6.30. The average Bonchev–Trinajstić information content (AvgIpc) is 2.45. The second-order valence-electron chi connectivity index (χ2n) is 4.69. The molecule has 2 aromatic rings. The van der Waals surface area contributed by atoms with E-state index in [1.54, 1.807) is 0 Å². The Hall–Kier alpha value is -1.68. The van der Waals surface area contributed by atoms with E-state index < -0.39 is 0 Å². The number of hydrogen-bond donors (Lipinski definition) is 1. The van der Waals surface area contributed by atoms with Crippen molar-refractivity contribution in [2.45, 2.75) is 33.1 Å². The highest BCUT2D eigenvalue weighted by Gasteiger charge is 2.08. The number of anilines is 1. The van der Waals surface area contributed by atoms with Crippen molar-refractivity contribution in [2.24, 2.45) is 0 Å². The third-order valence-corrected chi connectivity index (χ3v) is 3.43. The summed E-state index contributed by atoms with van der Waals surface area (Å²) in [6.07, 6.45) is 6.39. The van der Waals surface area contributed by atoms with Crippen LogP contribution in [0.1, 0.15) is 30.3 Å². The molecular formula is C15H19ClN4. The molecule has 2 heterocycles. The second-order valence-corrected chi connectivity index (χ2v) is 5.04. The summed E-state index contributed by atoms with van der Waals surface area (Å²) in [5.74, 6) is 1.64.